The van der Waals surface area contributed by atoms with E-state index in [0.29, 0.717) is 19.3 Å². The van der Waals surface area contributed by atoms with E-state index in [9.17, 15) is 13.5 Å². The smallest absolute Gasteiger partial charge is 0.156 e. The largest absolute Gasteiger partial charge is 0.390 e. The van der Waals surface area contributed by atoms with Crippen molar-refractivity contribution in [3.05, 3.63) is 12.7 Å². The molecular formula is C12H20O3S. The van der Waals surface area contributed by atoms with Gasteiger partial charge in [0, 0.05) is 0 Å². The molecule has 2 heterocycles. The Morgan fingerprint density at radius 2 is 1.88 bits per heavy atom. The van der Waals surface area contributed by atoms with Gasteiger partial charge in [0.1, 0.15) is 0 Å². The Bertz CT molecular complexity index is 352. The predicted octanol–water partition coefficient (Wildman–Crippen LogP) is 1.81. The minimum atomic E-state index is -2.91. The first-order valence-electron chi connectivity index (χ1n) is 6.04. The van der Waals surface area contributed by atoms with E-state index in [-0.39, 0.29) is 10.5 Å². The van der Waals surface area contributed by atoms with Gasteiger partial charge in [-0.05, 0) is 44.9 Å². The second kappa shape index (κ2) is 4.15. The van der Waals surface area contributed by atoms with Crippen LogP contribution in [0.25, 0.3) is 0 Å². The first-order valence-corrected chi connectivity index (χ1v) is 7.65. The first-order chi connectivity index (χ1) is 7.48. The van der Waals surface area contributed by atoms with Crippen LogP contribution in [-0.2, 0) is 9.84 Å². The van der Waals surface area contributed by atoms with Gasteiger partial charge in [0.15, 0.2) is 9.84 Å². The second-order valence-electron chi connectivity index (χ2n) is 5.22. The van der Waals surface area contributed by atoms with E-state index in [1.807, 2.05) is 6.08 Å². The minimum Gasteiger partial charge on any atom is -0.390 e. The van der Waals surface area contributed by atoms with Crippen LogP contribution in [0, 0.1) is 0 Å². The lowest BCUT2D eigenvalue weighted by molar-refractivity contribution is 0.0117. The number of allylic oxidation sites excluding steroid dienone is 1. The molecule has 2 bridgehead atoms. The van der Waals surface area contributed by atoms with Gasteiger partial charge < -0.3 is 5.11 Å². The quantitative estimate of drug-likeness (QED) is 0.606. The monoisotopic (exact) mass is 244 g/mol. The molecule has 0 saturated carbocycles. The van der Waals surface area contributed by atoms with Crippen LogP contribution in [0.5, 0.6) is 0 Å². The Balaban J connectivity index is 2.03. The maximum atomic E-state index is 11.9. The number of aliphatic hydroxyl groups is 1. The Kier molecular flexibility index (Phi) is 3.14. The molecule has 2 atom stereocenters. The lowest BCUT2D eigenvalue weighted by Gasteiger charge is -2.36. The molecule has 2 saturated heterocycles. The standard InChI is InChI=1S/C12H20O3S/c1-2-3-4-7-12(13)8-10-5-6-11(9-12)16(10,14)15/h2,10-11,13H,1,3-9H2. The number of fused-ring (bicyclic) bond motifs is 2. The van der Waals surface area contributed by atoms with Gasteiger partial charge in [-0.15, -0.1) is 6.58 Å². The summed E-state index contributed by atoms with van der Waals surface area (Å²) in [5, 5.41) is 9.86. The molecule has 1 N–H and O–H groups in total. The van der Waals surface area contributed by atoms with E-state index >= 15 is 0 Å². The normalized spacial score (nSPS) is 40.8. The SMILES string of the molecule is C=CCCCC1(O)CC2CCC(C1)S2(=O)=O. The number of unbranched alkanes of at least 4 members (excludes halogenated alkanes) is 1. The Morgan fingerprint density at radius 3 is 2.38 bits per heavy atom. The summed E-state index contributed by atoms with van der Waals surface area (Å²) in [4.78, 5) is 0. The van der Waals surface area contributed by atoms with E-state index in [2.05, 4.69) is 6.58 Å². The molecule has 3 nitrogen and oxygen atoms in total. The number of hydrogen-bond donors (Lipinski definition) is 1. The summed E-state index contributed by atoms with van der Waals surface area (Å²) in [7, 11) is -2.91. The molecule has 2 aliphatic rings. The molecule has 0 aliphatic carbocycles. The molecule has 0 spiro atoms. The average molecular weight is 244 g/mol. The van der Waals surface area contributed by atoms with Crippen molar-refractivity contribution in [1.82, 2.24) is 0 Å². The van der Waals surface area contributed by atoms with Crippen molar-refractivity contribution in [2.45, 2.75) is 61.0 Å². The highest BCUT2D eigenvalue weighted by Gasteiger charge is 2.51. The molecule has 2 rings (SSSR count). The molecule has 4 heteroatoms. The van der Waals surface area contributed by atoms with Crippen LogP contribution in [0.1, 0.15) is 44.9 Å². The van der Waals surface area contributed by atoms with Crippen molar-refractivity contribution in [1.29, 1.82) is 0 Å². The Morgan fingerprint density at radius 1 is 1.31 bits per heavy atom. The maximum Gasteiger partial charge on any atom is 0.156 e. The molecule has 0 amide bonds. The third kappa shape index (κ3) is 2.05. The van der Waals surface area contributed by atoms with Gasteiger partial charge in [-0.25, -0.2) is 8.42 Å². The van der Waals surface area contributed by atoms with E-state index in [1.165, 1.54) is 0 Å². The zero-order chi connectivity index (χ0) is 11.8. The Hall–Kier alpha value is -0.350. The Labute approximate surface area is 97.5 Å². The summed E-state index contributed by atoms with van der Waals surface area (Å²) in [6.45, 7) is 3.65. The maximum absolute atomic E-state index is 11.9. The topological polar surface area (TPSA) is 54.4 Å². The number of sulfone groups is 1. The number of hydrogen-bond acceptors (Lipinski definition) is 3. The third-order valence-electron chi connectivity index (χ3n) is 4.01. The fourth-order valence-electron chi connectivity index (χ4n) is 3.12. The molecule has 0 aromatic carbocycles. The van der Waals surface area contributed by atoms with Gasteiger partial charge in [-0.2, -0.15) is 0 Å². The van der Waals surface area contributed by atoms with E-state index in [1.54, 1.807) is 0 Å². The lowest BCUT2D eigenvalue weighted by atomic mass is 9.88. The van der Waals surface area contributed by atoms with Gasteiger partial charge in [-0.3, -0.25) is 0 Å². The molecule has 2 aliphatic heterocycles. The van der Waals surface area contributed by atoms with Gasteiger partial charge in [0.25, 0.3) is 0 Å². The van der Waals surface area contributed by atoms with Crippen molar-refractivity contribution in [2.24, 2.45) is 0 Å². The van der Waals surface area contributed by atoms with Crippen LogP contribution in [-0.4, -0.2) is 29.6 Å². The lowest BCUT2D eigenvalue weighted by Crippen LogP contribution is -2.44. The van der Waals surface area contributed by atoms with Gasteiger partial charge in [0.05, 0.1) is 16.1 Å². The van der Waals surface area contributed by atoms with Gasteiger partial charge in [-0.1, -0.05) is 6.08 Å². The second-order valence-corrected chi connectivity index (χ2v) is 7.74. The van der Waals surface area contributed by atoms with E-state index in [0.717, 1.165) is 25.7 Å². The fourth-order valence-corrected chi connectivity index (χ4v) is 5.68. The average Bonchev–Trinajstić information content (AvgIpc) is 2.40. The minimum absolute atomic E-state index is 0.278. The van der Waals surface area contributed by atoms with Crippen molar-refractivity contribution in [2.75, 3.05) is 0 Å². The van der Waals surface area contributed by atoms with Gasteiger partial charge in [0.2, 0.25) is 0 Å². The zero-order valence-electron chi connectivity index (χ0n) is 9.56. The van der Waals surface area contributed by atoms with Crippen LogP contribution in [0.2, 0.25) is 0 Å². The van der Waals surface area contributed by atoms with E-state index in [4.69, 9.17) is 0 Å². The van der Waals surface area contributed by atoms with Crippen molar-refractivity contribution in [3.63, 3.8) is 0 Å². The summed E-state index contributed by atoms with van der Waals surface area (Å²) >= 11 is 0. The highest BCUT2D eigenvalue weighted by molar-refractivity contribution is 7.93. The summed E-state index contributed by atoms with van der Waals surface area (Å²) in [5.74, 6) is 0. The number of rotatable bonds is 4. The highest BCUT2D eigenvalue weighted by atomic mass is 32.2. The molecule has 92 valence electrons. The van der Waals surface area contributed by atoms with Crippen LogP contribution in [0.4, 0.5) is 0 Å². The zero-order valence-corrected chi connectivity index (χ0v) is 10.4. The van der Waals surface area contributed by atoms with Crippen molar-refractivity contribution >= 4 is 9.84 Å². The molecule has 0 aromatic heterocycles. The van der Waals surface area contributed by atoms with Crippen LogP contribution in [0.3, 0.4) is 0 Å². The molecule has 0 radical (unpaired) electrons. The summed E-state index contributed by atoms with van der Waals surface area (Å²) in [5.41, 5.74) is -0.736. The first kappa shape index (κ1) is 12.1. The molecule has 2 unspecified atom stereocenters. The molecule has 2 fully saturated rings. The molecule has 16 heavy (non-hydrogen) atoms. The molecule has 0 aromatic rings. The molecular weight excluding hydrogens is 224 g/mol. The summed E-state index contributed by atoms with van der Waals surface area (Å²) in [6.07, 6.45) is 6.74. The van der Waals surface area contributed by atoms with Crippen LogP contribution >= 0.6 is 0 Å². The third-order valence-corrected chi connectivity index (χ3v) is 6.67. The van der Waals surface area contributed by atoms with Crippen LogP contribution in [0.15, 0.2) is 12.7 Å². The fraction of sp³-hybridized carbons (Fsp3) is 0.833. The van der Waals surface area contributed by atoms with Crippen molar-refractivity contribution < 1.29 is 13.5 Å². The van der Waals surface area contributed by atoms with Gasteiger partial charge >= 0.3 is 0 Å². The summed E-state index contributed by atoms with van der Waals surface area (Å²) in [6, 6.07) is 0. The van der Waals surface area contributed by atoms with E-state index < -0.39 is 15.4 Å². The summed E-state index contributed by atoms with van der Waals surface area (Å²) < 4.78 is 23.7. The highest BCUT2D eigenvalue weighted by Crippen LogP contribution is 2.44. The van der Waals surface area contributed by atoms with Crippen molar-refractivity contribution in [3.8, 4) is 0 Å². The van der Waals surface area contributed by atoms with Crippen LogP contribution < -0.4 is 0 Å². The predicted molar refractivity (Wildman–Crippen MR) is 64.0 cm³/mol.